The summed E-state index contributed by atoms with van der Waals surface area (Å²) < 4.78 is 36.9. The molecule has 1 heterocycles. The van der Waals surface area contributed by atoms with Crippen LogP contribution in [-0.2, 0) is 11.8 Å². The zero-order chi connectivity index (χ0) is 11.6. The topological polar surface area (TPSA) is 39.1 Å². The van der Waals surface area contributed by atoms with Gasteiger partial charge < -0.3 is 4.57 Å². The second-order valence-corrected chi connectivity index (χ2v) is 3.03. The smallest absolute Gasteiger partial charge is 0.348 e. The molecule has 0 aliphatic carbocycles. The van der Waals surface area contributed by atoms with Crippen LogP contribution in [0.3, 0.4) is 0 Å². The molecule has 0 unspecified atom stereocenters. The summed E-state index contributed by atoms with van der Waals surface area (Å²) in [5.74, 6) is -2.85. The summed E-state index contributed by atoms with van der Waals surface area (Å²) in [6, 6.07) is 2.89. The monoisotopic (exact) mass is 219 g/mol. The van der Waals surface area contributed by atoms with E-state index in [1.54, 1.807) is 0 Å². The average Bonchev–Trinajstić information content (AvgIpc) is 2.49. The molecule has 3 nitrogen and oxygen atoms in total. The molecule has 0 atom stereocenters. The zero-order valence-electron chi connectivity index (χ0n) is 7.84. The number of hydrogen-bond donors (Lipinski definition) is 0. The van der Waals surface area contributed by atoms with E-state index in [4.69, 9.17) is 0 Å². The van der Waals surface area contributed by atoms with Crippen molar-refractivity contribution < 1.29 is 22.8 Å². The molecule has 1 rings (SSSR count). The Morgan fingerprint density at radius 3 is 2.40 bits per heavy atom. The van der Waals surface area contributed by atoms with Gasteiger partial charge in [0.1, 0.15) is 0 Å². The summed E-state index contributed by atoms with van der Waals surface area (Å²) in [5.41, 5.74) is 0.0904. The average molecular weight is 219 g/mol. The van der Waals surface area contributed by atoms with Gasteiger partial charge >= 0.3 is 6.18 Å². The van der Waals surface area contributed by atoms with Gasteiger partial charge in [-0.1, -0.05) is 0 Å². The van der Waals surface area contributed by atoms with Crippen LogP contribution < -0.4 is 0 Å². The third kappa shape index (κ3) is 2.68. The van der Waals surface area contributed by atoms with Gasteiger partial charge in [-0.15, -0.1) is 0 Å². The van der Waals surface area contributed by atoms with Gasteiger partial charge in [0.05, 0.1) is 12.1 Å². The molecule has 0 N–H and O–H groups in total. The number of hydrogen-bond acceptors (Lipinski definition) is 2. The van der Waals surface area contributed by atoms with Crippen molar-refractivity contribution in [1.82, 2.24) is 4.57 Å². The Morgan fingerprint density at radius 1 is 1.40 bits per heavy atom. The normalized spacial score (nSPS) is 11.5. The summed E-state index contributed by atoms with van der Waals surface area (Å²) in [4.78, 5) is 21.8. The first-order valence-electron chi connectivity index (χ1n) is 4.07. The van der Waals surface area contributed by atoms with Crippen LogP contribution in [0.15, 0.2) is 18.3 Å². The maximum absolute atomic E-state index is 11.8. The molecule has 82 valence electrons. The number of halogens is 3. The highest BCUT2D eigenvalue weighted by Gasteiger charge is 2.39. The lowest BCUT2D eigenvalue weighted by molar-refractivity contribution is -0.170. The molecule has 0 bridgehead atoms. The molecule has 0 amide bonds. The van der Waals surface area contributed by atoms with E-state index in [1.807, 2.05) is 0 Å². The number of alkyl halides is 3. The Morgan fingerprint density at radius 2 is 2.00 bits per heavy atom. The van der Waals surface area contributed by atoms with Crippen molar-refractivity contribution in [2.45, 2.75) is 12.6 Å². The Bertz CT molecular complexity index is 392. The number of carbonyl (C=O) groups excluding carboxylic acids is 2. The standard InChI is InChI=1S/C9H8F3NO2/c1-13-4-2-3-6(13)7(14)5-8(15)9(10,11)12/h2-4H,5H2,1H3. The molecule has 15 heavy (non-hydrogen) atoms. The number of ketones is 2. The largest absolute Gasteiger partial charge is 0.450 e. The van der Waals surface area contributed by atoms with Crippen molar-refractivity contribution in [3.05, 3.63) is 24.0 Å². The van der Waals surface area contributed by atoms with Crippen molar-refractivity contribution in [3.8, 4) is 0 Å². The summed E-state index contributed by atoms with van der Waals surface area (Å²) in [7, 11) is 1.52. The van der Waals surface area contributed by atoms with Gasteiger partial charge in [0.15, 0.2) is 5.78 Å². The molecule has 0 fully saturated rings. The zero-order valence-corrected chi connectivity index (χ0v) is 7.84. The molecule has 0 saturated carbocycles. The summed E-state index contributed by atoms with van der Waals surface area (Å²) in [6.45, 7) is 0. The highest BCUT2D eigenvalue weighted by Crippen LogP contribution is 2.19. The quantitative estimate of drug-likeness (QED) is 0.573. The highest BCUT2D eigenvalue weighted by atomic mass is 19.4. The lowest BCUT2D eigenvalue weighted by Gasteiger charge is -2.04. The minimum absolute atomic E-state index is 0.0904. The first-order chi connectivity index (χ1) is 6.82. The van der Waals surface area contributed by atoms with E-state index in [-0.39, 0.29) is 5.69 Å². The molecular weight excluding hydrogens is 211 g/mol. The van der Waals surface area contributed by atoms with E-state index < -0.39 is 24.2 Å². The van der Waals surface area contributed by atoms with E-state index in [0.29, 0.717) is 0 Å². The van der Waals surface area contributed by atoms with Crippen molar-refractivity contribution in [2.75, 3.05) is 0 Å². The van der Waals surface area contributed by atoms with Gasteiger partial charge in [0, 0.05) is 13.2 Å². The van der Waals surface area contributed by atoms with E-state index >= 15 is 0 Å². The third-order valence-electron chi connectivity index (χ3n) is 1.87. The number of aryl methyl sites for hydroxylation is 1. The fraction of sp³-hybridized carbons (Fsp3) is 0.333. The van der Waals surface area contributed by atoms with Crippen LogP contribution in [-0.4, -0.2) is 22.3 Å². The lowest BCUT2D eigenvalue weighted by Crippen LogP contribution is -2.25. The Kier molecular flexibility index (Phi) is 2.97. The van der Waals surface area contributed by atoms with Crippen molar-refractivity contribution in [1.29, 1.82) is 0 Å². The maximum atomic E-state index is 11.8. The number of nitrogens with zero attached hydrogens (tertiary/aromatic N) is 1. The van der Waals surface area contributed by atoms with Gasteiger partial charge in [-0.05, 0) is 12.1 Å². The molecule has 0 radical (unpaired) electrons. The lowest BCUT2D eigenvalue weighted by atomic mass is 10.1. The fourth-order valence-electron chi connectivity index (χ4n) is 1.09. The van der Waals surface area contributed by atoms with Crippen molar-refractivity contribution in [2.24, 2.45) is 7.05 Å². The molecule has 0 aromatic carbocycles. The van der Waals surface area contributed by atoms with Gasteiger partial charge in [0.25, 0.3) is 0 Å². The molecule has 6 heteroatoms. The predicted molar refractivity (Wildman–Crippen MR) is 45.4 cm³/mol. The van der Waals surface area contributed by atoms with Crippen LogP contribution in [0.25, 0.3) is 0 Å². The van der Waals surface area contributed by atoms with Gasteiger partial charge in [-0.2, -0.15) is 13.2 Å². The van der Waals surface area contributed by atoms with Crippen LogP contribution in [0.5, 0.6) is 0 Å². The van der Waals surface area contributed by atoms with Crippen LogP contribution in [0.1, 0.15) is 16.9 Å². The number of Topliss-reactive ketones (excluding diaryl/α,β-unsaturated/α-hetero) is 2. The minimum Gasteiger partial charge on any atom is -0.348 e. The molecule has 1 aromatic rings. The van der Waals surface area contributed by atoms with Crippen LogP contribution in [0.2, 0.25) is 0 Å². The minimum atomic E-state index is -4.94. The van der Waals surface area contributed by atoms with Crippen molar-refractivity contribution in [3.63, 3.8) is 0 Å². The first-order valence-corrected chi connectivity index (χ1v) is 4.07. The number of rotatable bonds is 3. The van der Waals surface area contributed by atoms with Crippen LogP contribution in [0.4, 0.5) is 13.2 Å². The van der Waals surface area contributed by atoms with Crippen molar-refractivity contribution >= 4 is 11.6 Å². The highest BCUT2D eigenvalue weighted by molar-refractivity contribution is 6.08. The number of aromatic nitrogens is 1. The number of carbonyl (C=O) groups is 2. The SMILES string of the molecule is Cn1cccc1C(=O)CC(=O)C(F)(F)F. The first kappa shape index (κ1) is 11.5. The fourth-order valence-corrected chi connectivity index (χ4v) is 1.09. The Balaban J connectivity index is 2.74. The van der Waals surface area contributed by atoms with Crippen LogP contribution in [0, 0.1) is 0 Å². The Labute approximate surface area is 83.5 Å². The molecule has 0 aliphatic rings. The molecule has 0 aliphatic heterocycles. The van der Waals surface area contributed by atoms with Crippen LogP contribution >= 0.6 is 0 Å². The van der Waals surface area contributed by atoms with E-state index in [0.717, 1.165) is 0 Å². The van der Waals surface area contributed by atoms with Gasteiger partial charge in [-0.3, -0.25) is 9.59 Å². The molecular formula is C9H8F3NO2. The van der Waals surface area contributed by atoms with Gasteiger partial charge in [0.2, 0.25) is 5.78 Å². The van der Waals surface area contributed by atoms with E-state index in [1.165, 1.54) is 29.9 Å². The molecule has 1 aromatic heterocycles. The molecule has 0 spiro atoms. The molecule has 0 saturated heterocycles. The second kappa shape index (κ2) is 3.88. The van der Waals surface area contributed by atoms with E-state index in [2.05, 4.69) is 0 Å². The second-order valence-electron chi connectivity index (χ2n) is 3.03. The predicted octanol–water partition coefficient (Wildman–Crippen LogP) is 1.73. The maximum Gasteiger partial charge on any atom is 0.450 e. The third-order valence-corrected chi connectivity index (χ3v) is 1.87. The van der Waals surface area contributed by atoms with E-state index in [9.17, 15) is 22.8 Å². The summed E-state index contributed by atoms with van der Waals surface area (Å²) in [6.07, 6.45) is -4.56. The Hall–Kier alpha value is -1.59. The summed E-state index contributed by atoms with van der Waals surface area (Å²) >= 11 is 0. The van der Waals surface area contributed by atoms with Gasteiger partial charge in [-0.25, -0.2) is 0 Å². The summed E-state index contributed by atoms with van der Waals surface area (Å²) in [5, 5.41) is 0.